The lowest BCUT2D eigenvalue weighted by Crippen LogP contribution is -2.56. The molecule has 0 bridgehead atoms. The van der Waals surface area contributed by atoms with E-state index in [1.165, 1.54) is 0 Å². The van der Waals surface area contributed by atoms with Crippen LogP contribution in [0.4, 0.5) is 10.5 Å². The van der Waals surface area contributed by atoms with E-state index in [1.54, 1.807) is 25.7 Å². The second-order valence-corrected chi connectivity index (χ2v) is 13.8. The molecule has 44 heavy (non-hydrogen) atoms. The van der Waals surface area contributed by atoms with Crippen molar-refractivity contribution in [1.29, 1.82) is 0 Å². The van der Waals surface area contributed by atoms with Gasteiger partial charge in [0.2, 0.25) is 5.91 Å². The minimum absolute atomic E-state index is 0.252. The SMILES string of the molecule is Cc1cc(C)cc(C(C(=O)Nc2ccc3ccccc3c2)N(C(=O)C(NC(=O)OC(C)(C)C)C(C)C)C(C)CCC(C)C)c1. The van der Waals surface area contributed by atoms with Gasteiger partial charge in [0.1, 0.15) is 17.7 Å². The molecule has 0 aliphatic rings. The quantitative estimate of drug-likeness (QED) is 0.231. The number of carbonyl (C=O) groups is 3. The zero-order valence-electron chi connectivity index (χ0n) is 28.2. The van der Waals surface area contributed by atoms with E-state index in [1.807, 2.05) is 89.2 Å². The highest BCUT2D eigenvalue weighted by Crippen LogP contribution is 2.31. The van der Waals surface area contributed by atoms with Crippen LogP contribution in [0.1, 0.15) is 91.0 Å². The first kappa shape index (κ1) is 34.6. The third-order valence-corrected chi connectivity index (χ3v) is 7.60. The molecule has 0 radical (unpaired) electrons. The van der Waals surface area contributed by atoms with Crippen molar-refractivity contribution < 1.29 is 19.1 Å². The summed E-state index contributed by atoms with van der Waals surface area (Å²) in [6, 6.07) is 17.7. The van der Waals surface area contributed by atoms with Crippen LogP contribution in [-0.2, 0) is 14.3 Å². The molecule has 0 saturated carbocycles. The van der Waals surface area contributed by atoms with Crippen molar-refractivity contribution >= 4 is 34.4 Å². The van der Waals surface area contributed by atoms with E-state index in [0.717, 1.165) is 33.9 Å². The Balaban J connectivity index is 2.13. The topological polar surface area (TPSA) is 87.7 Å². The zero-order chi connectivity index (χ0) is 32.8. The summed E-state index contributed by atoms with van der Waals surface area (Å²) in [5.41, 5.74) is 2.65. The van der Waals surface area contributed by atoms with Crippen molar-refractivity contribution in [1.82, 2.24) is 10.2 Å². The minimum atomic E-state index is -0.934. The minimum Gasteiger partial charge on any atom is -0.444 e. The van der Waals surface area contributed by atoms with Gasteiger partial charge in [0, 0.05) is 11.7 Å². The molecule has 2 N–H and O–H groups in total. The number of hydrogen-bond acceptors (Lipinski definition) is 4. The predicted molar refractivity (Wildman–Crippen MR) is 180 cm³/mol. The average Bonchev–Trinajstić information content (AvgIpc) is 2.91. The predicted octanol–water partition coefficient (Wildman–Crippen LogP) is 8.34. The Morgan fingerprint density at radius 3 is 2.00 bits per heavy atom. The third-order valence-electron chi connectivity index (χ3n) is 7.60. The summed E-state index contributed by atoms with van der Waals surface area (Å²) in [4.78, 5) is 43.7. The van der Waals surface area contributed by atoms with Gasteiger partial charge in [-0.1, -0.05) is 87.4 Å². The molecule has 3 aromatic carbocycles. The van der Waals surface area contributed by atoms with E-state index in [0.29, 0.717) is 18.0 Å². The monoisotopic (exact) mass is 601 g/mol. The Bertz CT molecular complexity index is 1440. The van der Waals surface area contributed by atoms with Crippen molar-refractivity contribution in [3.05, 3.63) is 77.4 Å². The van der Waals surface area contributed by atoms with E-state index >= 15 is 0 Å². The highest BCUT2D eigenvalue weighted by molar-refractivity contribution is 6.00. The maximum absolute atomic E-state index is 14.7. The van der Waals surface area contributed by atoms with E-state index in [9.17, 15) is 14.4 Å². The first-order valence-corrected chi connectivity index (χ1v) is 15.7. The highest BCUT2D eigenvalue weighted by atomic mass is 16.6. The molecule has 3 amide bonds. The fraction of sp³-hybridized carbons (Fsp3) is 0.486. The van der Waals surface area contributed by atoms with Crippen LogP contribution >= 0.6 is 0 Å². The fourth-order valence-electron chi connectivity index (χ4n) is 5.51. The van der Waals surface area contributed by atoms with Gasteiger partial charge in [-0.2, -0.15) is 0 Å². The first-order valence-electron chi connectivity index (χ1n) is 15.7. The van der Waals surface area contributed by atoms with E-state index in [4.69, 9.17) is 4.74 Å². The standard InChI is InChI=1S/C37H51N3O4/c1-23(2)15-16-27(7)40(35(42)32(24(3)4)39-36(43)44-37(8,9)10)33(30-20-25(5)19-26(6)21-30)34(41)38-31-18-17-28-13-11-12-14-29(28)22-31/h11-14,17-24,27,32-33H,15-16H2,1-10H3,(H,38,41)(H,39,43). The molecule has 0 heterocycles. The lowest BCUT2D eigenvalue weighted by atomic mass is 9.93. The lowest BCUT2D eigenvalue weighted by Gasteiger charge is -2.39. The molecule has 0 spiro atoms. The number of hydrogen-bond donors (Lipinski definition) is 2. The summed E-state index contributed by atoms with van der Waals surface area (Å²) in [6.07, 6.45) is 0.913. The van der Waals surface area contributed by atoms with Crippen molar-refractivity contribution in [2.24, 2.45) is 11.8 Å². The molecule has 0 fully saturated rings. The largest absolute Gasteiger partial charge is 0.444 e. The van der Waals surface area contributed by atoms with Crippen LogP contribution in [0.5, 0.6) is 0 Å². The van der Waals surface area contributed by atoms with Gasteiger partial charge in [0.15, 0.2) is 0 Å². The van der Waals surface area contributed by atoms with Crippen molar-refractivity contribution in [3.63, 3.8) is 0 Å². The van der Waals surface area contributed by atoms with Crippen molar-refractivity contribution in [2.75, 3.05) is 5.32 Å². The second-order valence-electron chi connectivity index (χ2n) is 13.8. The van der Waals surface area contributed by atoms with Crippen molar-refractivity contribution in [3.8, 4) is 0 Å². The molecule has 3 aromatic rings. The summed E-state index contributed by atoms with van der Waals surface area (Å²) in [5.74, 6) is -0.464. The second kappa shape index (κ2) is 14.7. The summed E-state index contributed by atoms with van der Waals surface area (Å²) in [6.45, 7) is 19.4. The number of carbonyl (C=O) groups excluding carboxylic acids is 3. The molecule has 7 nitrogen and oxygen atoms in total. The number of alkyl carbamates (subject to hydrolysis) is 1. The number of rotatable bonds is 11. The normalized spacial score (nSPS) is 13.8. The Morgan fingerprint density at radius 2 is 1.43 bits per heavy atom. The molecular formula is C37H51N3O4. The number of anilines is 1. The van der Waals surface area contributed by atoms with Crippen LogP contribution in [-0.4, -0.2) is 40.5 Å². The lowest BCUT2D eigenvalue weighted by molar-refractivity contribution is -0.144. The smallest absolute Gasteiger partial charge is 0.408 e. The number of ether oxygens (including phenoxy) is 1. The first-order chi connectivity index (χ1) is 20.6. The van der Waals surface area contributed by atoms with Gasteiger partial charge in [-0.25, -0.2) is 4.79 Å². The average molecular weight is 602 g/mol. The van der Waals surface area contributed by atoms with Gasteiger partial charge in [-0.05, 0) is 94.7 Å². The Labute approximate surface area is 263 Å². The number of fused-ring (bicyclic) bond motifs is 1. The third kappa shape index (κ3) is 9.57. The van der Waals surface area contributed by atoms with Crippen LogP contribution in [0.15, 0.2) is 60.7 Å². The zero-order valence-corrected chi connectivity index (χ0v) is 28.2. The van der Waals surface area contributed by atoms with Crippen molar-refractivity contribution in [2.45, 2.75) is 106 Å². The van der Waals surface area contributed by atoms with Gasteiger partial charge in [-0.3, -0.25) is 9.59 Å². The maximum atomic E-state index is 14.7. The molecule has 0 aliphatic heterocycles. The van der Waals surface area contributed by atoms with Crippen LogP contribution in [0, 0.1) is 25.7 Å². The summed E-state index contributed by atoms with van der Waals surface area (Å²) in [7, 11) is 0. The molecule has 3 unspecified atom stereocenters. The number of aryl methyl sites for hydroxylation is 2. The van der Waals surface area contributed by atoms with Gasteiger partial charge in [0.05, 0.1) is 0 Å². The highest BCUT2D eigenvalue weighted by Gasteiger charge is 2.40. The number of nitrogens with zero attached hydrogens (tertiary/aromatic N) is 1. The van der Waals surface area contributed by atoms with Gasteiger partial charge in [-0.15, -0.1) is 0 Å². The maximum Gasteiger partial charge on any atom is 0.408 e. The Kier molecular flexibility index (Phi) is 11.6. The number of nitrogens with one attached hydrogen (secondary N) is 2. The summed E-state index contributed by atoms with van der Waals surface area (Å²) < 4.78 is 5.53. The van der Waals surface area contributed by atoms with Crippen LogP contribution in [0.3, 0.4) is 0 Å². The molecular weight excluding hydrogens is 550 g/mol. The number of benzene rings is 3. The summed E-state index contributed by atoms with van der Waals surface area (Å²) in [5, 5.41) is 8.03. The molecule has 0 aliphatic carbocycles. The van der Waals surface area contributed by atoms with E-state index in [-0.39, 0.29) is 23.8 Å². The molecule has 7 heteroatoms. The molecule has 238 valence electrons. The van der Waals surface area contributed by atoms with Gasteiger partial charge < -0.3 is 20.3 Å². The Hall–Kier alpha value is -3.87. The fourth-order valence-corrected chi connectivity index (χ4v) is 5.51. The van der Waals surface area contributed by atoms with E-state index in [2.05, 4.69) is 30.5 Å². The Morgan fingerprint density at radius 1 is 0.818 bits per heavy atom. The molecule has 0 aromatic heterocycles. The molecule has 3 rings (SSSR count). The van der Waals surface area contributed by atoms with Crippen LogP contribution < -0.4 is 10.6 Å². The molecule has 3 atom stereocenters. The van der Waals surface area contributed by atoms with E-state index < -0.39 is 23.8 Å². The van der Waals surface area contributed by atoms with Crippen LogP contribution in [0.25, 0.3) is 10.8 Å². The number of amides is 3. The van der Waals surface area contributed by atoms with Gasteiger partial charge in [0.25, 0.3) is 5.91 Å². The van der Waals surface area contributed by atoms with Crippen LogP contribution in [0.2, 0.25) is 0 Å². The molecule has 0 saturated heterocycles. The van der Waals surface area contributed by atoms with Gasteiger partial charge >= 0.3 is 6.09 Å². The summed E-state index contributed by atoms with van der Waals surface area (Å²) >= 11 is 0.